The van der Waals surface area contributed by atoms with E-state index in [2.05, 4.69) is 5.32 Å². The van der Waals surface area contributed by atoms with Crippen molar-refractivity contribution in [2.75, 3.05) is 23.1 Å². The largest absolute Gasteiger partial charge is 0.497 e. The van der Waals surface area contributed by atoms with Gasteiger partial charge in [0.1, 0.15) is 5.75 Å². The van der Waals surface area contributed by atoms with Crippen LogP contribution in [0.2, 0.25) is 0 Å². The Morgan fingerprint density at radius 1 is 1.28 bits per heavy atom. The number of para-hydroxylation sites is 2. The maximum atomic E-state index is 12.9. The highest BCUT2D eigenvalue weighted by atomic mass is 32.2. The van der Waals surface area contributed by atoms with Crippen molar-refractivity contribution >= 4 is 35.0 Å². The van der Waals surface area contributed by atoms with Crippen molar-refractivity contribution in [2.45, 2.75) is 24.3 Å². The summed E-state index contributed by atoms with van der Waals surface area (Å²) in [6.07, 6.45) is 0.282. The van der Waals surface area contributed by atoms with Crippen LogP contribution in [-0.2, 0) is 9.59 Å². The molecular formula is C19H20N2O3S. The number of fused-ring (bicyclic) bond motifs is 1. The first kappa shape index (κ1) is 17.4. The number of methoxy groups -OCH3 is 1. The van der Waals surface area contributed by atoms with E-state index >= 15 is 0 Å². The number of ether oxygens (including phenoxy) is 1. The second-order valence-electron chi connectivity index (χ2n) is 5.85. The van der Waals surface area contributed by atoms with Crippen LogP contribution in [0.3, 0.4) is 0 Å². The molecule has 2 amide bonds. The number of nitrogens with one attached hydrogen (secondary N) is 1. The van der Waals surface area contributed by atoms with Gasteiger partial charge in [0.2, 0.25) is 11.8 Å². The van der Waals surface area contributed by atoms with E-state index in [-0.39, 0.29) is 24.3 Å². The van der Waals surface area contributed by atoms with E-state index in [1.807, 2.05) is 55.5 Å². The number of amides is 2. The summed E-state index contributed by atoms with van der Waals surface area (Å²) < 4.78 is 5.22. The molecule has 1 atom stereocenters. The van der Waals surface area contributed by atoms with E-state index in [1.165, 1.54) is 11.8 Å². The Bertz CT molecular complexity index is 794. The minimum atomic E-state index is -0.193. The molecule has 0 spiro atoms. The number of hydrogen-bond acceptors (Lipinski definition) is 4. The molecule has 0 aliphatic carbocycles. The van der Waals surface area contributed by atoms with Crippen LogP contribution < -0.4 is 15.0 Å². The van der Waals surface area contributed by atoms with E-state index < -0.39 is 0 Å². The van der Waals surface area contributed by atoms with Gasteiger partial charge in [0.25, 0.3) is 0 Å². The number of carbonyl (C=O) groups is 2. The zero-order chi connectivity index (χ0) is 17.8. The lowest BCUT2D eigenvalue weighted by Crippen LogP contribution is -2.40. The zero-order valence-corrected chi connectivity index (χ0v) is 15.0. The first-order valence-corrected chi connectivity index (χ1v) is 9.05. The Balaban J connectivity index is 1.79. The van der Waals surface area contributed by atoms with E-state index in [1.54, 1.807) is 12.0 Å². The van der Waals surface area contributed by atoms with Gasteiger partial charge in [-0.15, -0.1) is 11.8 Å². The average molecular weight is 356 g/mol. The quantitative estimate of drug-likeness (QED) is 0.851. The van der Waals surface area contributed by atoms with Crippen LogP contribution in [0.5, 0.6) is 5.75 Å². The highest BCUT2D eigenvalue weighted by molar-refractivity contribution is 8.00. The second-order valence-corrected chi connectivity index (χ2v) is 6.90. The van der Waals surface area contributed by atoms with E-state index in [0.717, 1.165) is 16.3 Å². The molecule has 25 heavy (non-hydrogen) atoms. The molecule has 0 aromatic heterocycles. The fraction of sp³-hybridized carbons (Fsp3) is 0.263. The standard InChI is InChI=1S/C19H20N2O3S/c1-13-10-18(22)20-16-8-3-4-9-17(16)21(13)19(23)12-25-15-7-5-6-14(11-15)24-2/h3-9,11,13H,10,12H2,1-2H3,(H,20,22). The van der Waals surface area contributed by atoms with Gasteiger partial charge in [0.15, 0.2) is 0 Å². The van der Waals surface area contributed by atoms with Crippen molar-refractivity contribution in [3.63, 3.8) is 0 Å². The third kappa shape index (κ3) is 3.96. The van der Waals surface area contributed by atoms with Crippen molar-refractivity contribution in [1.82, 2.24) is 0 Å². The van der Waals surface area contributed by atoms with Crippen molar-refractivity contribution in [2.24, 2.45) is 0 Å². The summed E-state index contributed by atoms with van der Waals surface area (Å²) >= 11 is 1.46. The lowest BCUT2D eigenvalue weighted by molar-refractivity contribution is -0.117. The lowest BCUT2D eigenvalue weighted by atomic mass is 10.2. The summed E-state index contributed by atoms with van der Waals surface area (Å²) in [5, 5.41) is 2.87. The summed E-state index contributed by atoms with van der Waals surface area (Å²) in [4.78, 5) is 27.6. The SMILES string of the molecule is COc1cccc(SCC(=O)N2c3ccccc3NC(=O)CC2C)c1. The molecule has 3 rings (SSSR count). The number of carbonyl (C=O) groups excluding carboxylic acids is 2. The summed E-state index contributed by atoms with van der Waals surface area (Å²) in [6, 6.07) is 14.8. The predicted octanol–water partition coefficient (Wildman–Crippen LogP) is 3.55. The molecule has 6 heteroatoms. The summed E-state index contributed by atoms with van der Waals surface area (Å²) in [7, 11) is 1.62. The molecular weight excluding hydrogens is 336 g/mol. The summed E-state index contributed by atoms with van der Waals surface area (Å²) in [6.45, 7) is 1.90. The third-order valence-electron chi connectivity index (χ3n) is 4.03. The van der Waals surface area contributed by atoms with Crippen molar-refractivity contribution in [1.29, 1.82) is 0 Å². The zero-order valence-electron chi connectivity index (χ0n) is 14.2. The fourth-order valence-corrected chi connectivity index (χ4v) is 3.68. The molecule has 5 nitrogen and oxygen atoms in total. The summed E-state index contributed by atoms with van der Waals surface area (Å²) in [5.41, 5.74) is 1.42. The van der Waals surface area contributed by atoms with Gasteiger partial charge in [-0.25, -0.2) is 0 Å². The fourth-order valence-electron chi connectivity index (χ4n) is 2.87. The Labute approximate surface area is 151 Å². The molecule has 1 N–H and O–H groups in total. The van der Waals surface area contributed by atoms with E-state index in [9.17, 15) is 9.59 Å². The van der Waals surface area contributed by atoms with Crippen molar-refractivity contribution in [3.05, 3.63) is 48.5 Å². The maximum Gasteiger partial charge on any atom is 0.237 e. The van der Waals surface area contributed by atoms with Crippen LogP contribution in [0.15, 0.2) is 53.4 Å². The normalized spacial score (nSPS) is 16.6. The van der Waals surface area contributed by atoms with Crippen LogP contribution in [0.25, 0.3) is 0 Å². The Morgan fingerprint density at radius 2 is 2.08 bits per heavy atom. The van der Waals surface area contributed by atoms with Crippen LogP contribution >= 0.6 is 11.8 Å². The van der Waals surface area contributed by atoms with Gasteiger partial charge in [-0.1, -0.05) is 18.2 Å². The predicted molar refractivity (Wildman–Crippen MR) is 100 cm³/mol. The average Bonchev–Trinajstić information content (AvgIpc) is 2.74. The summed E-state index contributed by atoms with van der Waals surface area (Å²) in [5.74, 6) is 0.959. The molecule has 1 aliphatic heterocycles. The molecule has 0 saturated heterocycles. The molecule has 1 heterocycles. The number of benzene rings is 2. The van der Waals surface area contributed by atoms with Gasteiger partial charge in [-0.3, -0.25) is 9.59 Å². The molecule has 0 bridgehead atoms. The second kappa shape index (κ2) is 7.61. The molecule has 1 unspecified atom stereocenters. The number of nitrogens with zero attached hydrogens (tertiary/aromatic N) is 1. The van der Waals surface area contributed by atoms with Gasteiger partial charge in [0.05, 0.1) is 24.2 Å². The van der Waals surface area contributed by atoms with Crippen LogP contribution in [0, 0.1) is 0 Å². The smallest absolute Gasteiger partial charge is 0.237 e. The van der Waals surface area contributed by atoms with Crippen molar-refractivity contribution < 1.29 is 14.3 Å². The van der Waals surface area contributed by atoms with E-state index in [4.69, 9.17) is 4.74 Å². The lowest BCUT2D eigenvalue weighted by Gasteiger charge is -2.27. The number of thioether (sulfide) groups is 1. The topological polar surface area (TPSA) is 58.6 Å². The first-order chi connectivity index (χ1) is 12.1. The van der Waals surface area contributed by atoms with Gasteiger partial charge in [0, 0.05) is 17.4 Å². The monoisotopic (exact) mass is 356 g/mol. The first-order valence-electron chi connectivity index (χ1n) is 8.06. The highest BCUT2D eigenvalue weighted by Crippen LogP contribution is 2.32. The van der Waals surface area contributed by atoms with Crippen LogP contribution in [0.1, 0.15) is 13.3 Å². The van der Waals surface area contributed by atoms with E-state index in [0.29, 0.717) is 11.4 Å². The third-order valence-corrected chi connectivity index (χ3v) is 5.01. The van der Waals surface area contributed by atoms with Gasteiger partial charge < -0.3 is 15.0 Å². The number of hydrogen-bond donors (Lipinski definition) is 1. The minimum absolute atomic E-state index is 0.0238. The van der Waals surface area contributed by atoms with Gasteiger partial charge in [-0.2, -0.15) is 0 Å². The number of anilines is 2. The Kier molecular flexibility index (Phi) is 5.28. The molecule has 130 valence electrons. The molecule has 0 radical (unpaired) electrons. The van der Waals surface area contributed by atoms with Gasteiger partial charge in [-0.05, 0) is 37.3 Å². The maximum absolute atomic E-state index is 12.9. The molecule has 2 aromatic rings. The highest BCUT2D eigenvalue weighted by Gasteiger charge is 2.29. The Hall–Kier alpha value is -2.47. The number of rotatable bonds is 4. The van der Waals surface area contributed by atoms with Crippen LogP contribution in [-0.4, -0.2) is 30.7 Å². The minimum Gasteiger partial charge on any atom is -0.497 e. The van der Waals surface area contributed by atoms with Crippen molar-refractivity contribution in [3.8, 4) is 5.75 Å². The Morgan fingerprint density at radius 3 is 2.88 bits per heavy atom. The molecule has 0 saturated carbocycles. The van der Waals surface area contributed by atoms with Gasteiger partial charge >= 0.3 is 0 Å². The molecule has 2 aromatic carbocycles. The molecule has 1 aliphatic rings. The van der Waals surface area contributed by atoms with Crippen LogP contribution in [0.4, 0.5) is 11.4 Å². The molecule has 0 fully saturated rings.